The average Bonchev–Trinajstić information content (AvgIpc) is 2.88. The Labute approximate surface area is 112 Å². The molecular formula is C13H17ClN2O2. The van der Waals surface area contributed by atoms with Gasteiger partial charge in [0.15, 0.2) is 0 Å². The molecule has 0 saturated heterocycles. The molecule has 0 radical (unpaired) electrons. The highest BCUT2D eigenvalue weighted by Crippen LogP contribution is 2.20. The maximum absolute atomic E-state index is 11.8. The van der Waals surface area contributed by atoms with Crippen LogP contribution in [0.2, 0.25) is 5.02 Å². The van der Waals surface area contributed by atoms with Crippen LogP contribution in [0, 0.1) is 0 Å². The van der Waals surface area contributed by atoms with E-state index in [1.54, 1.807) is 12.3 Å². The minimum absolute atomic E-state index is 0.183. The molecule has 0 atom stereocenters. The third kappa shape index (κ3) is 3.68. The maximum Gasteiger partial charge on any atom is 0.252 e. The number of nitrogens with zero attached hydrogens (tertiary/aromatic N) is 1. The summed E-state index contributed by atoms with van der Waals surface area (Å²) in [5.74, 6) is -0.183. The number of pyridine rings is 1. The van der Waals surface area contributed by atoms with Gasteiger partial charge in [0.05, 0.1) is 23.3 Å². The Bertz CT molecular complexity index is 406. The van der Waals surface area contributed by atoms with Gasteiger partial charge in [0.2, 0.25) is 0 Å². The summed E-state index contributed by atoms with van der Waals surface area (Å²) in [4.78, 5) is 15.6. The van der Waals surface area contributed by atoms with Crippen molar-refractivity contribution in [2.45, 2.75) is 31.8 Å². The molecule has 1 heterocycles. The summed E-state index contributed by atoms with van der Waals surface area (Å²) in [5, 5.41) is 3.15. The maximum atomic E-state index is 11.8. The Hall–Kier alpha value is -1.13. The minimum Gasteiger partial charge on any atom is -0.376 e. The lowest BCUT2D eigenvalue weighted by Gasteiger charge is -2.11. The van der Waals surface area contributed by atoms with Crippen molar-refractivity contribution in [1.82, 2.24) is 10.3 Å². The van der Waals surface area contributed by atoms with Crippen LogP contribution in [0.4, 0.5) is 0 Å². The van der Waals surface area contributed by atoms with E-state index in [9.17, 15) is 4.79 Å². The number of carbonyl (C=O) groups excluding carboxylic acids is 1. The molecule has 1 N–H and O–H groups in total. The number of nitrogens with one attached hydrogen (secondary N) is 1. The SMILES string of the molecule is O=C(NCCOC1CCCC1)c1ccncc1Cl. The molecule has 2 rings (SSSR count). The number of rotatable bonds is 5. The summed E-state index contributed by atoms with van der Waals surface area (Å²) in [6, 6.07) is 1.61. The third-order valence-corrected chi connectivity index (χ3v) is 3.36. The van der Waals surface area contributed by atoms with Crippen molar-refractivity contribution in [1.29, 1.82) is 0 Å². The van der Waals surface area contributed by atoms with Gasteiger partial charge in [-0.25, -0.2) is 0 Å². The number of amides is 1. The highest BCUT2D eigenvalue weighted by atomic mass is 35.5. The number of ether oxygens (including phenoxy) is 1. The van der Waals surface area contributed by atoms with Crippen LogP contribution in [0.3, 0.4) is 0 Å². The smallest absolute Gasteiger partial charge is 0.252 e. The van der Waals surface area contributed by atoms with E-state index in [0.717, 1.165) is 12.8 Å². The van der Waals surface area contributed by atoms with Crippen LogP contribution in [-0.2, 0) is 4.74 Å². The first kappa shape index (κ1) is 13.3. The minimum atomic E-state index is -0.183. The zero-order chi connectivity index (χ0) is 12.8. The highest BCUT2D eigenvalue weighted by Gasteiger charge is 2.15. The Morgan fingerprint density at radius 3 is 3.00 bits per heavy atom. The lowest BCUT2D eigenvalue weighted by molar-refractivity contribution is 0.0582. The summed E-state index contributed by atoms with van der Waals surface area (Å²) in [5.41, 5.74) is 0.451. The lowest BCUT2D eigenvalue weighted by atomic mass is 10.2. The summed E-state index contributed by atoms with van der Waals surface area (Å²) >= 11 is 5.88. The van der Waals surface area contributed by atoms with Crippen LogP contribution < -0.4 is 5.32 Å². The fraction of sp³-hybridized carbons (Fsp3) is 0.538. The largest absolute Gasteiger partial charge is 0.376 e. The molecule has 1 aliphatic rings. The molecule has 1 saturated carbocycles. The molecule has 1 fully saturated rings. The lowest BCUT2D eigenvalue weighted by Crippen LogP contribution is -2.28. The first-order valence-electron chi connectivity index (χ1n) is 6.26. The fourth-order valence-corrected chi connectivity index (χ4v) is 2.30. The van der Waals surface area contributed by atoms with Crippen LogP contribution in [-0.4, -0.2) is 30.1 Å². The van der Waals surface area contributed by atoms with Gasteiger partial charge in [0.1, 0.15) is 0 Å². The van der Waals surface area contributed by atoms with Crippen molar-refractivity contribution in [2.75, 3.05) is 13.2 Å². The van der Waals surface area contributed by atoms with Gasteiger partial charge < -0.3 is 10.1 Å². The average molecular weight is 269 g/mol. The second-order valence-electron chi connectivity index (χ2n) is 4.39. The van der Waals surface area contributed by atoms with Gasteiger partial charge in [0.25, 0.3) is 5.91 Å². The van der Waals surface area contributed by atoms with Crippen molar-refractivity contribution in [3.05, 3.63) is 29.0 Å². The molecule has 4 nitrogen and oxygen atoms in total. The monoisotopic (exact) mass is 268 g/mol. The zero-order valence-corrected chi connectivity index (χ0v) is 10.9. The molecule has 0 aromatic carbocycles. The van der Waals surface area contributed by atoms with E-state index in [4.69, 9.17) is 16.3 Å². The quantitative estimate of drug-likeness (QED) is 0.835. The van der Waals surface area contributed by atoms with Gasteiger partial charge in [-0.15, -0.1) is 0 Å². The zero-order valence-electron chi connectivity index (χ0n) is 10.2. The van der Waals surface area contributed by atoms with Crippen molar-refractivity contribution in [3.63, 3.8) is 0 Å². The molecule has 0 spiro atoms. The fourth-order valence-electron chi connectivity index (χ4n) is 2.10. The van der Waals surface area contributed by atoms with Crippen LogP contribution in [0.25, 0.3) is 0 Å². The van der Waals surface area contributed by atoms with E-state index in [1.165, 1.54) is 19.0 Å². The molecule has 1 amide bonds. The normalized spacial score (nSPS) is 15.8. The molecule has 98 valence electrons. The van der Waals surface area contributed by atoms with E-state index in [1.807, 2.05) is 0 Å². The van der Waals surface area contributed by atoms with Gasteiger partial charge in [-0.05, 0) is 18.9 Å². The standard InChI is InChI=1S/C13H17ClN2O2/c14-12-9-15-6-5-11(12)13(17)16-7-8-18-10-3-1-2-4-10/h5-6,9-10H,1-4,7-8H2,(H,16,17). The van der Waals surface area contributed by atoms with Gasteiger partial charge in [-0.3, -0.25) is 9.78 Å². The third-order valence-electron chi connectivity index (χ3n) is 3.06. The molecular weight excluding hydrogens is 252 g/mol. The van der Waals surface area contributed by atoms with E-state index in [0.29, 0.717) is 29.8 Å². The number of carbonyl (C=O) groups is 1. The van der Waals surface area contributed by atoms with Crippen molar-refractivity contribution < 1.29 is 9.53 Å². The predicted molar refractivity (Wildman–Crippen MR) is 69.8 cm³/mol. The number of aromatic nitrogens is 1. The van der Waals surface area contributed by atoms with E-state index in [2.05, 4.69) is 10.3 Å². The number of halogens is 1. The Kier molecular flexibility index (Phi) is 4.96. The van der Waals surface area contributed by atoms with Crippen LogP contribution >= 0.6 is 11.6 Å². The molecule has 1 aromatic heterocycles. The molecule has 0 unspecified atom stereocenters. The van der Waals surface area contributed by atoms with Crippen LogP contribution in [0.15, 0.2) is 18.5 Å². The molecule has 0 aliphatic heterocycles. The Morgan fingerprint density at radius 1 is 1.50 bits per heavy atom. The molecule has 0 bridgehead atoms. The first-order valence-corrected chi connectivity index (χ1v) is 6.64. The summed E-state index contributed by atoms with van der Waals surface area (Å²) in [7, 11) is 0. The predicted octanol–water partition coefficient (Wildman–Crippen LogP) is 2.42. The second kappa shape index (κ2) is 6.71. The number of hydrogen-bond donors (Lipinski definition) is 1. The highest BCUT2D eigenvalue weighted by molar-refractivity contribution is 6.33. The van der Waals surface area contributed by atoms with Crippen molar-refractivity contribution in [2.24, 2.45) is 0 Å². The first-order chi connectivity index (χ1) is 8.77. The van der Waals surface area contributed by atoms with Gasteiger partial charge >= 0.3 is 0 Å². The van der Waals surface area contributed by atoms with Gasteiger partial charge in [-0.2, -0.15) is 0 Å². The number of hydrogen-bond acceptors (Lipinski definition) is 3. The Balaban J connectivity index is 1.70. The van der Waals surface area contributed by atoms with Crippen LogP contribution in [0.1, 0.15) is 36.0 Å². The summed E-state index contributed by atoms with van der Waals surface area (Å²) in [6.45, 7) is 1.06. The van der Waals surface area contributed by atoms with Gasteiger partial charge in [-0.1, -0.05) is 24.4 Å². The van der Waals surface area contributed by atoms with Gasteiger partial charge in [0, 0.05) is 18.9 Å². The molecule has 1 aromatic rings. The Morgan fingerprint density at radius 2 is 2.28 bits per heavy atom. The van der Waals surface area contributed by atoms with Crippen LogP contribution in [0.5, 0.6) is 0 Å². The van der Waals surface area contributed by atoms with E-state index >= 15 is 0 Å². The molecule has 1 aliphatic carbocycles. The summed E-state index contributed by atoms with van der Waals surface area (Å²) < 4.78 is 5.66. The topological polar surface area (TPSA) is 51.2 Å². The van der Waals surface area contributed by atoms with E-state index < -0.39 is 0 Å². The second-order valence-corrected chi connectivity index (χ2v) is 4.80. The van der Waals surface area contributed by atoms with Crippen molar-refractivity contribution >= 4 is 17.5 Å². The molecule has 18 heavy (non-hydrogen) atoms. The van der Waals surface area contributed by atoms with E-state index in [-0.39, 0.29) is 5.91 Å². The van der Waals surface area contributed by atoms with Crippen molar-refractivity contribution in [3.8, 4) is 0 Å². The molecule has 5 heteroatoms. The summed E-state index contributed by atoms with van der Waals surface area (Å²) in [6.07, 6.45) is 8.19.